The fourth-order valence-corrected chi connectivity index (χ4v) is 9.39. The number of nitrogens with zero attached hydrogens (tertiary/aromatic N) is 1. The second-order valence-corrected chi connectivity index (χ2v) is 14.4. The van der Waals surface area contributed by atoms with Crippen molar-refractivity contribution in [3.8, 4) is 0 Å². The van der Waals surface area contributed by atoms with Crippen molar-refractivity contribution in [3.63, 3.8) is 0 Å². The summed E-state index contributed by atoms with van der Waals surface area (Å²) < 4.78 is 16.1. The van der Waals surface area contributed by atoms with Gasteiger partial charge in [-0.2, -0.15) is 0 Å². The molecule has 4 aliphatic carbocycles. The lowest BCUT2D eigenvalue weighted by molar-refractivity contribution is -0.154. The molecule has 1 heterocycles. The Labute approximate surface area is 281 Å². The van der Waals surface area contributed by atoms with E-state index in [-0.39, 0.29) is 123 Å². The van der Waals surface area contributed by atoms with E-state index in [1.807, 2.05) is 6.08 Å². The average Bonchev–Trinajstić information content (AvgIpc) is 3.50. The molecule has 5 rings (SSSR count). The van der Waals surface area contributed by atoms with Crippen molar-refractivity contribution < 1.29 is 48.1 Å². The van der Waals surface area contributed by atoms with Gasteiger partial charge in [-0.15, -0.1) is 0 Å². The Morgan fingerprint density at radius 2 is 1.71 bits per heavy atom. The maximum absolute atomic E-state index is 13.6. The minimum absolute atomic E-state index is 0.000194. The van der Waals surface area contributed by atoms with Crippen LogP contribution in [0, 0.1) is 40.4 Å². The van der Waals surface area contributed by atoms with Crippen LogP contribution in [0.1, 0.15) is 59.3 Å². The van der Waals surface area contributed by atoms with E-state index in [2.05, 4.69) is 26.1 Å². The van der Waals surface area contributed by atoms with Gasteiger partial charge in [-0.05, 0) is 61.0 Å². The molecule has 3 saturated carbocycles. The van der Waals surface area contributed by atoms with Gasteiger partial charge in [0.05, 0.1) is 45.5 Å². The summed E-state index contributed by atoms with van der Waals surface area (Å²) in [5, 5.41) is 14.3. The molecule has 0 aromatic heterocycles. The van der Waals surface area contributed by atoms with Crippen LogP contribution >= 0.6 is 0 Å². The highest BCUT2D eigenvalue weighted by Gasteiger charge is 2.64. The molecule has 3 fully saturated rings. The summed E-state index contributed by atoms with van der Waals surface area (Å²) in [4.78, 5) is 74.3. The highest BCUT2D eigenvalue weighted by Crippen LogP contribution is 2.67. The summed E-state index contributed by atoms with van der Waals surface area (Å²) in [7, 11) is 0. The summed E-state index contributed by atoms with van der Waals surface area (Å²) in [5.74, 6) is -1.62. The lowest BCUT2D eigenvalue weighted by atomic mass is 9.46. The van der Waals surface area contributed by atoms with Crippen molar-refractivity contribution in [2.45, 2.75) is 65.4 Å². The third-order valence-corrected chi connectivity index (χ3v) is 11.4. The molecular formula is C36H48N2O10. The summed E-state index contributed by atoms with van der Waals surface area (Å²) in [5.41, 5.74) is 0.304. The molecule has 3 amide bonds. The minimum Gasteiger partial charge on any atom is -0.458 e. The highest BCUT2D eigenvalue weighted by atomic mass is 16.5. The molecule has 2 N–H and O–H groups in total. The summed E-state index contributed by atoms with van der Waals surface area (Å²) in [6, 6.07) is 0. The van der Waals surface area contributed by atoms with Crippen molar-refractivity contribution in [2.24, 2.45) is 40.4 Å². The summed E-state index contributed by atoms with van der Waals surface area (Å²) >= 11 is 0. The number of nitrogens with one attached hydrogen (secondary N) is 1. The number of ketones is 2. The van der Waals surface area contributed by atoms with Gasteiger partial charge in [-0.25, -0.2) is 0 Å². The number of rotatable bonds is 15. The minimum atomic E-state index is -0.619. The zero-order valence-electron chi connectivity index (χ0n) is 28.1. The van der Waals surface area contributed by atoms with E-state index < -0.39 is 17.5 Å². The topological polar surface area (TPSA) is 166 Å². The predicted octanol–water partition coefficient (Wildman–Crippen LogP) is 2.09. The van der Waals surface area contributed by atoms with E-state index >= 15 is 0 Å². The number of fused-ring (bicyclic) bond motifs is 5. The smallest absolute Gasteiger partial charge is 0.306 e. The Morgan fingerprint density at radius 3 is 2.44 bits per heavy atom. The summed E-state index contributed by atoms with van der Waals surface area (Å²) in [6.07, 6.45) is 9.95. The number of Topliss-reactive ketones (excluding diaryl/α,β-unsaturated/α-hetero) is 1. The molecule has 7 unspecified atom stereocenters. The maximum Gasteiger partial charge on any atom is 0.306 e. The number of ether oxygens (including phenoxy) is 3. The molecular weight excluding hydrogens is 620 g/mol. The second kappa shape index (κ2) is 15.0. The van der Waals surface area contributed by atoms with Crippen LogP contribution in [0.15, 0.2) is 36.0 Å². The van der Waals surface area contributed by atoms with Crippen LogP contribution in [0.4, 0.5) is 0 Å². The van der Waals surface area contributed by atoms with Gasteiger partial charge in [0, 0.05) is 42.4 Å². The van der Waals surface area contributed by atoms with Gasteiger partial charge < -0.3 is 24.6 Å². The number of aliphatic hydroxyl groups is 1. The first kappa shape index (κ1) is 35.8. The number of amides is 3. The maximum atomic E-state index is 13.6. The Balaban J connectivity index is 0.985. The zero-order valence-corrected chi connectivity index (χ0v) is 28.1. The number of esters is 1. The summed E-state index contributed by atoms with van der Waals surface area (Å²) in [6.45, 7) is 7.35. The number of hydrogen-bond acceptors (Lipinski definition) is 10. The van der Waals surface area contributed by atoms with Crippen LogP contribution in [-0.2, 0) is 43.0 Å². The fraction of sp³-hybridized carbons (Fsp3) is 0.667. The molecule has 0 aromatic rings. The molecule has 5 aliphatic rings. The van der Waals surface area contributed by atoms with Crippen LogP contribution in [0.25, 0.3) is 0 Å². The molecule has 262 valence electrons. The molecule has 8 atom stereocenters. The second-order valence-electron chi connectivity index (χ2n) is 14.4. The molecule has 12 nitrogen and oxygen atoms in total. The van der Waals surface area contributed by atoms with E-state index in [9.17, 15) is 33.9 Å². The van der Waals surface area contributed by atoms with Gasteiger partial charge in [0.15, 0.2) is 11.6 Å². The quantitative estimate of drug-likeness (QED) is 0.150. The van der Waals surface area contributed by atoms with Gasteiger partial charge in [-0.3, -0.25) is 33.7 Å². The molecule has 0 spiro atoms. The fourth-order valence-electron chi connectivity index (χ4n) is 9.39. The van der Waals surface area contributed by atoms with Crippen LogP contribution in [0.2, 0.25) is 0 Å². The molecule has 0 aromatic carbocycles. The molecule has 12 heteroatoms. The van der Waals surface area contributed by atoms with Crippen molar-refractivity contribution >= 4 is 35.3 Å². The Morgan fingerprint density at radius 1 is 1.00 bits per heavy atom. The zero-order chi connectivity index (χ0) is 34.6. The van der Waals surface area contributed by atoms with E-state index in [0.717, 1.165) is 29.7 Å². The van der Waals surface area contributed by atoms with Crippen molar-refractivity contribution in [2.75, 3.05) is 46.1 Å². The number of carbonyl (C=O) groups is 6. The van der Waals surface area contributed by atoms with Crippen molar-refractivity contribution in [1.29, 1.82) is 0 Å². The third-order valence-electron chi connectivity index (χ3n) is 11.4. The van der Waals surface area contributed by atoms with E-state index in [1.165, 1.54) is 12.2 Å². The Bertz CT molecular complexity index is 1380. The Hall–Kier alpha value is -3.48. The first-order chi connectivity index (χ1) is 22.8. The number of allylic oxidation sites excluding steroid dienone is 4. The SMILES string of the molecule is C[C@@H]1CC2C3CCC4=CC(=O)C=CC4(C)C3C(O)CC2(C)C1C(=O)COC(=O)CCC(=O)NCCOCCOCCN1C(=O)C=CC1=O. The van der Waals surface area contributed by atoms with Gasteiger partial charge in [0.1, 0.15) is 6.61 Å². The molecule has 48 heavy (non-hydrogen) atoms. The van der Waals surface area contributed by atoms with Crippen LogP contribution in [-0.4, -0.2) is 97.5 Å². The average molecular weight is 669 g/mol. The first-order valence-corrected chi connectivity index (χ1v) is 17.1. The third kappa shape index (κ3) is 7.40. The molecule has 0 saturated heterocycles. The first-order valence-electron chi connectivity index (χ1n) is 17.1. The highest BCUT2D eigenvalue weighted by molar-refractivity contribution is 6.12. The van der Waals surface area contributed by atoms with Crippen LogP contribution in [0.5, 0.6) is 0 Å². The Kier molecular flexibility index (Phi) is 11.2. The largest absolute Gasteiger partial charge is 0.458 e. The van der Waals surface area contributed by atoms with Gasteiger partial charge in [-0.1, -0.05) is 32.4 Å². The van der Waals surface area contributed by atoms with Gasteiger partial charge >= 0.3 is 5.97 Å². The van der Waals surface area contributed by atoms with Crippen molar-refractivity contribution in [3.05, 3.63) is 36.0 Å². The van der Waals surface area contributed by atoms with E-state index in [4.69, 9.17) is 14.2 Å². The van der Waals surface area contributed by atoms with Gasteiger partial charge in [0.25, 0.3) is 11.8 Å². The van der Waals surface area contributed by atoms with Crippen LogP contribution < -0.4 is 5.32 Å². The lowest BCUT2D eigenvalue weighted by Crippen LogP contribution is -2.56. The molecule has 0 bridgehead atoms. The number of hydrogen-bond donors (Lipinski definition) is 2. The predicted molar refractivity (Wildman–Crippen MR) is 172 cm³/mol. The lowest BCUT2D eigenvalue weighted by Gasteiger charge is -2.58. The number of imide groups is 1. The monoisotopic (exact) mass is 668 g/mol. The van der Waals surface area contributed by atoms with Gasteiger partial charge in [0.2, 0.25) is 5.91 Å². The standard InChI is InChI=1S/C36H48N2O10/c1-22-18-26-25-5-4-23-19-24(39)10-11-35(23,2)34(25)27(40)20-36(26,3)33(22)28(41)21-48-32(45)9-6-29(42)37-12-14-46-16-17-47-15-13-38-30(43)7-8-31(38)44/h7-8,10-11,19,22,25-27,33-34,40H,4-6,9,12-18,20-21H2,1-3H3,(H,37,42)/t22-,25?,26?,27?,33?,34?,35?,36?/m1/s1. The van der Waals surface area contributed by atoms with Crippen LogP contribution in [0.3, 0.4) is 0 Å². The molecule has 0 radical (unpaired) electrons. The van der Waals surface area contributed by atoms with Crippen molar-refractivity contribution in [1.82, 2.24) is 10.2 Å². The normalized spacial score (nSPS) is 33.6. The van der Waals surface area contributed by atoms with E-state index in [1.54, 1.807) is 12.2 Å². The number of aliphatic hydroxyl groups excluding tert-OH is 1. The number of carbonyl (C=O) groups excluding carboxylic acids is 6. The van der Waals surface area contributed by atoms with E-state index in [0.29, 0.717) is 6.42 Å². The molecule has 1 aliphatic heterocycles.